The molecule has 2 aromatic rings. The summed E-state index contributed by atoms with van der Waals surface area (Å²) in [7, 11) is 0. The van der Waals surface area contributed by atoms with Gasteiger partial charge in [0, 0.05) is 22.8 Å². The Labute approximate surface area is 118 Å². The van der Waals surface area contributed by atoms with Crippen molar-refractivity contribution in [2.24, 2.45) is 0 Å². The Kier molecular flexibility index (Phi) is 3.65. The van der Waals surface area contributed by atoms with E-state index in [1.54, 1.807) is 6.33 Å². The third-order valence-corrected chi connectivity index (χ3v) is 3.66. The van der Waals surface area contributed by atoms with Crippen LogP contribution in [0.1, 0.15) is 23.2 Å². The molecule has 0 spiro atoms. The van der Waals surface area contributed by atoms with E-state index in [-0.39, 0.29) is 0 Å². The van der Waals surface area contributed by atoms with Crippen molar-refractivity contribution in [2.75, 3.05) is 11.2 Å². The minimum atomic E-state index is 0.659. The summed E-state index contributed by atoms with van der Waals surface area (Å²) in [5, 5.41) is 3.39. The minimum absolute atomic E-state index is 0.659. The molecule has 0 bridgehead atoms. The molecule has 4 heteroatoms. The second kappa shape index (κ2) is 5.57. The number of rotatable bonds is 4. The molecule has 19 heavy (non-hydrogen) atoms. The maximum absolute atomic E-state index is 5.74. The number of halogens is 1. The van der Waals surface area contributed by atoms with Crippen molar-refractivity contribution in [1.82, 2.24) is 9.97 Å². The molecule has 0 aliphatic heterocycles. The van der Waals surface area contributed by atoms with Crippen LogP contribution < -0.4 is 5.32 Å². The van der Waals surface area contributed by atoms with Gasteiger partial charge in [-0.05, 0) is 43.4 Å². The van der Waals surface area contributed by atoms with Crippen LogP contribution in [0.4, 0.5) is 11.5 Å². The molecule has 3 rings (SSSR count). The molecule has 1 aliphatic rings. The van der Waals surface area contributed by atoms with Crippen molar-refractivity contribution < 1.29 is 0 Å². The Morgan fingerprint density at radius 2 is 1.95 bits per heavy atom. The zero-order valence-electron chi connectivity index (χ0n) is 10.7. The maximum atomic E-state index is 5.74. The third-order valence-electron chi connectivity index (χ3n) is 3.47. The second-order valence-corrected chi connectivity index (χ2v) is 5.14. The molecule has 3 nitrogen and oxygen atoms in total. The summed E-state index contributed by atoms with van der Waals surface area (Å²) in [5.41, 5.74) is 4.78. The molecule has 1 aromatic carbocycles. The summed E-state index contributed by atoms with van der Waals surface area (Å²) >= 11 is 5.74. The predicted octanol–water partition coefficient (Wildman–Crippen LogP) is 3.49. The largest absolute Gasteiger partial charge is 0.340 e. The van der Waals surface area contributed by atoms with Gasteiger partial charge in [0.2, 0.25) is 0 Å². The van der Waals surface area contributed by atoms with Gasteiger partial charge in [-0.2, -0.15) is 0 Å². The van der Waals surface area contributed by atoms with E-state index in [2.05, 4.69) is 39.6 Å². The van der Waals surface area contributed by atoms with E-state index in [4.69, 9.17) is 11.6 Å². The Hall–Kier alpha value is -1.61. The van der Waals surface area contributed by atoms with Gasteiger partial charge >= 0.3 is 0 Å². The monoisotopic (exact) mass is 273 g/mol. The van der Waals surface area contributed by atoms with E-state index in [0.29, 0.717) is 5.88 Å². The zero-order chi connectivity index (χ0) is 13.1. The highest BCUT2D eigenvalue weighted by atomic mass is 35.5. The fourth-order valence-corrected chi connectivity index (χ4v) is 2.69. The predicted molar refractivity (Wildman–Crippen MR) is 78.2 cm³/mol. The van der Waals surface area contributed by atoms with E-state index in [1.165, 1.54) is 23.2 Å². The summed E-state index contributed by atoms with van der Waals surface area (Å²) < 4.78 is 0. The van der Waals surface area contributed by atoms with Gasteiger partial charge in [0.15, 0.2) is 0 Å². The van der Waals surface area contributed by atoms with Crippen LogP contribution in [-0.4, -0.2) is 15.8 Å². The van der Waals surface area contributed by atoms with Crippen molar-refractivity contribution in [3.8, 4) is 0 Å². The topological polar surface area (TPSA) is 37.8 Å². The summed E-state index contributed by atoms with van der Waals surface area (Å²) in [5.74, 6) is 1.61. The number of fused-ring (bicyclic) bond motifs is 1. The number of benzene rings is 1. The number of aromatic nitrogens is 2. The highest BCUT2D eigenvalue weighted by molar-refractivity contribution is 6.17. The fourth-order valence-electron chi connectivity index (χ4n) is 2.47. The Morgan fingerprint density at radius 3 is 2.74 bits per heavy atom. The van der Waals surface area contributed by atoms with Gasteiger partial charge in [-0.1, -0.05) is 12.1 Å². The van der Waals surface area contributed by atoms with E-state index >= 15 is 0 Å². The second-order valence-electron chi connectivity index (χ2n) is 4.76. The highest BCUT2D eigenvalue weighted by Crippen LogP contribution is 2.27. The number of hydrogen-bond acceptors (Lipinski definition) is 3. The molecule has 0 saturated carbocycles. The van der Waals surface area contributed by atoms with Gasteiger partial charge in [0.1, 0.15) is 12.1 Å². The average molecular weight is 274 g/mol. The first kappa shape index (κ1) is 12.4. The van der Waals surface area contributed by atoms with Crippen molar-refractivity contribution in [3.05, 3.63) is 47.4 Å². The van der Waals surface area contributed by atoms with E-state index in [9.17, 15) is 0 Å². The number of alkyl halides is 1. The summed E-state index contributed by atoms with van der Waals surface area (Å²) in [6, 6.07) is 8.36. The van der Waals surface area contributed by atoms with Crippen LogP contribution in [0.5, 0.6) is 0 Å². The number of hydrogen-bond donors (Lipinski definition) is 1. The van der Waals surface area contributed by atoms with Crippen LogP contribution in [0.3, 0.4) is 0 Å². The summed E-state index contributed by atoms with van der Waals surface area (Å²) in [6.45, 7) is 0. The van der Waals surface area contributed by atoms with Gasteiger partial charge in [-0.25, -0.2) is 9.97 Å². The molecular formula is C15H16ClN3. The number of anilines is 2. The van der Waals surface area contributed by atoms with Crippen LogP contribution in [0.2, 0.25) is 0 Å². The van der Waals surface area contributed by atoms with Crippen LogP contribution in [0.15, 0.2) is 30.6 Å². The first-order valence-corrected chi connectivity index (χ1v) is 7.15. The molecule has 98 valence electrons. The van der Waals surface area contributed by atoms with Gasteiger partial charge in [-0.15, -0.1) is 11.6 Å². The Balaban J connectivity index is 1.80. The van der Waals surface area contributed by atoms with E-state index in [1.807, 2.05) is 0 Å². The van der Waals surface area contributed by atoms with Gasteiger partial charge in [0.05, 0.1) is 0 Å². The molecule has 0 radical (unpaired) electrons. The lowest BCUT2D eigenvalue weighted by Crippen LogP contribution is -2.00. The molecule has 0 atom stereocenters. The molecule has 0 fully saturated rings. The van der Waals surface area contributed by atoms with Gasteiger partial charge in [0.25, 0.3) is 0 Å². The molecule has 1 aromatic heterocycles. The molecule has 1 aliphatic carbocycles. The Morgan fingerprint density at radius 1 is 1.11 bits per heavy atom. The van der Waals surface area contributed by atoms with Gasteiger partial charge in [-0.3, -0.25) is 0 Å². The van der Waals surface area contributed by atoms with Gasteiger partial charge < -0.3 is 5.32 Å². The maximum Gasteiger partial charge on any atom is 0.137 e. The molecule has 0 unspecified atom stereocenters. The van der Waals surface area contributed by atoms with E-state index < -0.39 is 0 Å². The standard InChI is InChI=1S/C15H16ClN3/c16-9-8-11-4-6-12(7-5-11)19-15-13-2-1-3-14(13)17-10-18-15/h4-7,10H,1-3,8-9H2,(H,17,18,19). The molecular weight excluding hydrogens is 258 g/mol. The highest BCUT2D eigenvalue weighted by Gasteiger charge is 2.16. The van der Waals surface area contributed by atoms with Crippen molar-refractivity contribution in [3.63, 3.8) is 0 Å². The van der Waals surface area contributed by atoms with Crippen molar-refractivity contribution in [2.45, 2.75) is 25.7 Å². The number of aryl methyl sites for hydroxylation is 2. The number of nitrogens with one attached hydrogen (secondary N) is 1. The van der Waals surface area contributed by atoms with Crippen molar-refractivity contribution >= 4 is 23.1 Å². The molecule has 0 amide bonds. The lowest BCUT2D eigenvalue weighted by Gasteiger charge is -2.10. The SMILES string of the molecule is ClCCc1ccc(Nc2ncnc3c2CCC3)cc1. The van der Waals surface area contributed by atoms with Crippen LogP contribution in [0, 0.1) is 0 Å². The van der Waals surface area contributed by atoms with Crippen LogP contribution >= 0.6 is 11.6 Å². The molecule has 1 N–H and O–H groups in total. The lowest BCUT2D eigenvalue weighted by atomic mass is 10.1. The smallest absolute Gasteiger partial charge is 0.137 e. The fraction of sp³-hybridized carbons (Fsp3) is 0.333. The summed E-state index contributed by atoms with van der Waals surface area (Å²) in [6.07, 6.45) is 5.88. The normalized spacial score (nSPS) is 13.3. The summed E-state index contributed by atoms with van der Waals surface area (Å²) in [4.78, 5) is 8.70. The first-order chi connectivity index (χ1) is 9.36. The quantitative estimate of drug-likeness (QED) is 0.867. The Bertz CT molecular complexity index is 566. The lowest BCUT2D eigenvalue weighted by molar-refractivity contribution is 0.899. The van der Waals surface area contributed by atoms with Crippen LogP contribution in [0.25, 0.3) is 0 Å². The van der Waals surface area contributed by atoms with E-state index in [0.717, 1.165) is 30.8 Å². The molecule has 1 heterocycles. The molecule has 0 saturated heterocycles. The van der Waals surface area contributed by atoms with Crippen LogP contribution in [-0.2, 0) is 19.3 Å². The first-order valence-electron chi connectivity index (χ1n) is 6.61. The third kappa shape index (κ3) is 2.71. The average Bonchev–Trinajstić information content (AvgIpc) is 2.91. The van der Waals surface area contributed by atoms with Crippen molar-refractivity contribution in [1.29, 1.82) is 0 Å². The zero-order valence-corrected chi connectivity index (χ0v) is 11.5. The minimum Gasteiger partial charge on any atom is -0.340 e. The number of nitrogens with zero attached hydrogens (tertiary/aromatic N) is 2.